The summed E-state index contributed by atoms with van der Waals surface area (Å²) in [6.07, 6.45) is 5.17. The number of non-ortho nitro benzene ring substituents is 1. The van der Waals surface area contributed by atoms with Gasteiger partial charge in [-0.3, -0.25) is 14.9 Å². The van der Waals surface area contributed by atoms with Crippen molar-refractivity contribution in [2.45, 2.75) is 37.4 Å². The van der Waals surface area contributed by atoms with Gasteiger partial charge in [-0.1, -0.05) is 28.0 Å². The molecule has 1 aromatic carbocycles. The first-order valence-corrected chi connectivity index (χ1v) is 10.6. The van der Waals surface area contributed by atoms with Crippen LogP contribution in [0.2, 0.25) is 0 Å². The van der Waals surface area contributed by atoms with Crippen LogP contribution < -0.4 is 10.6 Å². The van der Waals surface area contributed by atoms with Gasteiger partial charge in [-0.25, -0.2) is 0 Å². The van der Waals surface area contributed by atoms with Crippen molar-refractivity contribution >= 4 is 38.9 Å². The van der Waals surface area contributed by atoms with E-state index >= 15 is 0 Å². The second-order valence-electron chi connectivity index (χ2n) is 5.66. The Morgan fingerprint density at radius 3 is 2.71 bits per heavy atom. The smallest absolute Gasteiger partial charge is 0.269 e. The van der Waals surface area contributed by atoms with Crippen LogP contribution in [0.15, 0.2) is 24.3 Å². The normalized spacial score (nSPS) is 16.8. The molecule has 8 heteroatoms. The Labute approximate surface area is 150 Å². The molecule has 1 aliphatic heterocycles. The van der Waals surface area contributed by atoms with Gasteiger partial charge < -0.3 is 10.6 Å². The zero-order chi connectivity index (χ0) is 17.2. The maximum Gasteiger partial charge on any atom is 0.269 e. The Hall–Kier alpha value is -1.41. The lowest BCUT2D eigenvalue weighted by atomic mass is 10.1. The molecule has 0 spiro atoms. The molecule has 1 amide bonds. The summed E-state index contributed by atoms with van der Waals surface area (Å²) in [6, 6.07) is 6.25. The SMILES string of the molecule is O=C(CCCC[C@@H]1CCSS1)NCCNc1ccc([N+](=O)[O-])cc1. The van der Waals surface area contributed by atoms with Gasteiger partial charge in [0.2, 0.25) is 5.91 Å². The Morgan fingerprint density at radius 2 is 2.04 bits per heavy atom. The monoisotopic (exact) mass is 369 g/mol. The van der Waals surface area contributed by atoms with Crippen molar-refractivity contribution < 1.29 is 9.72 Å². The second kappa shape index (κ2) is 10.5. The van der Waals surface area contributed by atoms with E-state index < -0.39 is 4.92 Å². The summed E-state index contributed by atoms with van der Waals surface area (Å²) in [7, 11) is 3.95. The molecule has 0 unspecified atom stereocenters. The molecule has 1 saturated heterocycles. The fourth-order valence-corrected chi connectivity index (χ4v) is 5.45. The maximum absolute atomic E-state index is 11.7. The number of unbranched alkanes of at least 4 members (excludes halogenated alkanes) is 1. The number of nitro benzene ring substituents is 1. The summed E-state index contributed by atoms with van der Waals surface area (Å²) >= 11 is 0. The molecule has 0 saturated carbocycles. The molecule has 6 nitrogen and oxygen atoms in total. The lowest BCUT2D eigenvalue weighted by Crippen LogP contribution is -2.28. The first-order chi connectivity index (χ1) is 11.6. The maximum atomic E-state index is 11.7. The standard InChI is InChI=1S/C16H23N3O3S2/c20-16(4-2-1-3-15-9-12-23-24-15)18-11-10-17-13-5-7-14(8-6-13)19(21)22/h5-8,15,17H,1-4,9-12H2,(H,18,20)/t15-/m1/s1. The van der Waals surface area contributed by atoms with Crippen molar-refractivity contribution in [3.8, 4) is 0 Å². The highest BCUT2D eigenvalue weighted by molar-refractivity contribution is 8.77. The third kappa shape index (κ3) is 7.00. The van der Waals surface area contributed by atoms with Crippen LogP contribution in [0, 0.1) is 10.1 Å². The number of amides is 1. The minimum Gasteiger partial charge on any atom is -0.383 e. The van der Waals surface area contributed by atoms with E-state index in [4.69, 9.17) is 0 Å². The molecule has 1 heterocycles. The molecule has 24 heavy (non-hydrogen) atoms. The molecule has 0 aliphatic carbocycles. The van der Waals surface area contributed by atoms with Gasteiger partial charge in [-0.15, -0.1) is 0 Å². The van der Waals surface area contributed by atoms with Crippen molar-refractivity contribution in [3.05, 3.63) is 34.4 Å². The molecule has 132 valence electrons. The number of nitro groups is 1. The molecule has 1 aliphatic rings. The summed E-state index contributed by atoms with van der Waals surface area (Å²) in [6.45, 7) is 1.14. The van der Waals surface area contributed by atoms with Crippen LogP contribution in [0.5, 0.6) is 0 Å². The average Bonchev–Trinajstić information content (AvgIpc) is 3.09. The molecule has 1 atom stereocenters. The number of nitrogens with one attached hydrogen (secondary N) is 2. The summed E-state index contributed by atoms with van der Waals surface area (Å²) < 4.78 is 0. The average molecular weight is 370 g/mol. The summed E-state index contributed by atoms with van der Waals surface area (Å²) in [5.74, 6) is 1.35. The lowest BCUT2D eigenvalue weighted by molar-refractivity contribution is -0.384. The Kier molecular flexibility index (Phi) is 8.24. The molecule has 0 aromatic heterocycles. The molecular formula is C16H23N3O3S2. The number of nitrogens with zero attached hydrogens (tertiary/aromatic N) is 1. The van der Waals surface area contributed by atoms with E-state index in [0.717, 1.165) is 23.8 Å². The van der Waals surface area contributed by atoms with Gasteiger partial charge in [0.15, 0.2) is 0 Å². The molecule has 0 radical (unpaired) electrons. The van der Waals surface area contributed by atoms with Crippen LogP contribution in [-0.2, 0) is 4.79 Å². The highest BCUT2D eigenvalue weighted by Gasteiger charge is 2.15. The fourth-order valence-electron chi connectivity index (χ4n) is 2.42. The van der Waals surface area contributed by atoms with Gasteiger partial charge in [-0.05, 0) is 31.4 Å². The van der Waals surface area contributed by atoms with Gasteiger partial charge in [0.1, 0.15) is 0 Å². The molecule has 0 bridgehead atoms. The summed E-state index contributed by atoms with van der Waals surface area (Å²) in [5, 5.41) is 17.4. The molecular weight excluding hydrogens is 346 g/mol. The second-order valence-corrected chi connectivity index (χ2v) is 8.44. The minimum absolute atomic E-state index is 0.0726. The topological polar surface area (TPSA) is 84.3 Å². The number of hydrogen-bond donors (Lipinski definition) is 2. The van der Waals surface area contributed by atoms with Gasteiger partial charge in [0.25, 0.3) is 5.69 Å². The third-order valence-electron chi connectivity index (χ3n) is 3.76. The highest BCUT2D eigenvalue weighted by atomic mass is 33.1. The minimum atomic E-state index is -0.422. The van der Waals surface area contributed by atoms with Crippen LogP contribution in [0.3, 0.4) is 0 Å². The number of carbonyl (C=O) groups is 1. The zero-order valence-electron chi connectivity index (χ0n) is 13.5. The highest BCUT2D eigenvalue weighted by Crippen LogP contribution is 2.39. The van der Waals surface area contributed by atoms with Crippen LogP contribution >= 0.6 is 21.6 Å². The largest absolute Gasteiger partial charge is 0.383 e. The van der Waals surface area contributed by atoms with E-state index in [1.807, 2.05) is 21.6 Å². The van der Waals surface area contributed by atoms with Crippen LogP contribution in [0.1, 0.15) is 32.1 Å². The quantitative estimate of drug-likeness (QED) is 0.282. The molecule has 1 aromatic rings. The lowest BCUT2D eigenvalue weighted by Gasteiger charge is -2.09. The summed E-state index contributed by atoms with van der Waals surface area (Å²) in [4.78, 5) is 21.9. The fraction of sp³-hybridized carbons (Fsp3) is 0.562. The Morgan fingerprint density at radius 1 is 1.25 bits per heavy atom. The number of carbonyl (C=O) groups excluding carboxylic acids is 1. The van der Waals surface area contributed by atoms with E-state index in [9.17, 15) is 14.9 Å². The number of benzene rings is 1. The van der Waals surface area contributed by atoms with Crippen molar-refractivity contribution in [1.29, 1.82) is 0 Å². The van der Waals surface area contributed by atoms with E-state index in [-0.39, 0.29) is 11.6 Å². The predicted molar refractivity (Wildman–Crippen MR) is 102 cm³/mol. The number of rotatable bonds is 10. The van der Waals surface area contributed by atoms with Crippen molar-refractivity contribution in [1.82, 2.24) is 5.32 Å². The van der Waals surface area contributed by atoms with Gasteiger partial charge >= 0.3 is 0 Å². The number of hydrogen-bond acceptors (Lipinski definition) is 6. The van der Waals surface area contributed by atoms with Crippen molar-refractivity contribution in [2.24, 2.45) is 0 Å². The molecule has 2 N–H and O–H groups in total. The van der Waals surface area contributed by atoms with Gasteiger partial charge in [-0.2, -0.15) is 0 Å². The first-order valence-electron chi connectivity index (χ1n) is 8.18. The van der Waals surface area contributed by atoms with Crippen LogP contribution in [0.4, 0.5) is 11.4 Å². The number of anilines is 1. The Bertz CT molecular complexity index is 534. The van der Waals surface area contributed by atoms with E-state index in [2.05, 4.69) is 10.6 Å². The zero-order valence-corrected chi connectivity index (χ0v) is 15.2. The Balaban J connectivity index is 1.50. The van der Waals surface area contributed by atoms with Gasteiger partial charge in [0, 0.05) is 48.3 Å². The van der Waals surface area contributed by atoms with E-state index in [1.165, 1.54) is 30.7 Å². The van der Waals surface area contributed by atoms with E-state index in [1.54, 1.807) is 12.1 Å². The molecule has 1 fully saturated rings. The van der Waals surface area contributed by atoms with Crippen molar-refractivity contribution in [3.63, 3.8) is 0 Å². The van der Waals surface area contributed by atoms with Crippen molar-refractivity contribution in [2.75, 3.05) is 24.2 Å². The third-order valence-corrected chi connectivity index (χ3v) is 6.77. The van der Waals surface area contributed by atoms with Gasteiger partial charge in [0.05, 0.1) is 4.92 Å². The molecule has 2 rings (SSSR count). The first kappa shape index (κ1) is 18.9. The van der Waals surface area contributed by atoms with Crippen LogP contribution in [-0.4, -0.2) is 34.9 Å². The van der Waals surface area contributed by atoms with Crippen LogP contribution in [0.25, 0.3) is 0 Å². The predicted octanol–water partition coefficient (Wildman–Crippen LogP) is 3.84. The summed E-state index contributed by atoms with van der Waals surface area (Å²) in [5.41, 5.74) is 0.880. The van der Waals surface area contributed by atoms with E-state index in [0.29, 0.717) is 19.5 Å².